The van der Waals surface area contributed by atoms with Crippen LogP contribution in [-0.2, 0) is 0 Å². The first-order chi connectivity index (χ1) is 9.35. The maximum atomic E-state index is 5.46. The predicted octanol–water partition coefficient (Wildman–Crippen LogP) is 3.01. The molecule has 2 nitrogen and oxygen atoms in total. The fourth-order valence-electron chi connectivity index (χ4n) is 1.87. The molecule has 2 rings (SSSR count). The summed E-state index contributed by atoms with van der Waals surface area (Å²) in [7, 11) is 0. The number of pyridine rings is 1. The van der Waals surface area contributed by atoms with Crippen molar-refractivity contribution in [3.8, 4) is 5.69 Å². The first-order valence-electron chi connectivity index (χ1n) is 6.13. The van der Waals surface area contributed by atoms with Gasteiger partial charge in [0, 0.05) is 24.3 Å². The minimum Gasteiger partial charge on any atom is -0.405 e. The van der Waals surface area contributed by atoms with Gasteiger partial charge in [-0.3, -0.25) is 0 Å². The van der Waals surface area contributed by atoms with E-state index in [0.29, 0.717) is 0 Å². The van der Waals surface area contributed by atoms with Crippen LogP contribution in [0.1, 0.15) is 5.56 Å². The van der Waals surface area contributed by atoms with Crippen molar-refractivity contribution in [2.75, 3.05) is 0 Å². The van der Waals surface area contributed by atoms with Gasteiger partial charge in [-0.05, 0) is 23.4 Å². The van der Waals surface area contributed by atoms with Crippen LogP contribution in [0, 0.1) is 0 Å². The molecule has 0 saturated heterocycles. The van der Waals surface area contributed by atoms with Gasteiger partial charge in [0.25, 0.3) is 0 Å². The molecule has 1 heterocycles. The molecule has 0 fully saturated rings. The molecule has 0 saturated carbocycles. The highest BCUT2D eigenvalue weighted by Crippen LogP contribution is 2.14. The van der Waals surface area contributed by atoms with Crippen molar-refractivity contribution in [2.45, 2.75) is 0 Å². The van der Waals surface area contributed by atoms with Gasteiger partial charge in [-0.15, -0.1) is 0 Å². The van der Waals surface area contributed by atoms with Crippen molar-refractivity contribution in [1.29, 1.82) is 0 Å². The van der Waals surface area contributed by atoms with Crippen LogP contribution in [0.5, 0.6) is 0 Å². The molecule has 2 aromatic rings. The second kappa shape index (κ2) is 6.36. The largest absolute Gasteiger partial charge is 0.405 e. The number of hydrogen-bond donors (Lipinski definition) is 1. The molecule has 0 aliphatic heterocycles. The van der Waals surface area contributed by atoms with E-state index >= 15 is 0 Å². The van der Waals surface area contributed by atoms with Crippen LogP contribution in [-0.4, -0.2) is 0 Å². The number of para-hydroxylation sites is 1. The van der Waals surface area contributed by atoms with E-state index in [9.17, 15) is 0 Å². The van der Waals surface area contributed by atoms with Crippen LogP contribution in [0.4, 0.5) is 0 Å². The molecule has 0 amide bonds. The molecule has 2 N–H and O–H groups in total. The van der Waals surface area contributed by atoms with Crippen molar-refractivity contribution >= 4 is 5.57 Å². The Labute approximate surface area is 113 Å². The van der Waals surface area contributed by atoms with E-state index in [1.807, 2.05) is 42.7 Å². The third kappa shape index (κ3) is 3.19. The molecule has 0 aliphatic rings. The zero-order chi connectivity index (χ0) is 13.5. The Bertz CT molecular complexity index is 593. The number of hydrogen-bond acceptors (Lipinski definition) is 1. The first-order valence-corrected chi connectivity index (χ1v) is 6.13. The van der Waals surface area contributed by atoms with E-state index in [1.54, 1.807) is 6.08 Å². The molecule has 0 bridgehead atoms. The second-order valence-electron chi connectivity index (χ2n) is 4.05. The molecule has 0 unspecified atom stereocenters. The van der Waals surface area contributed by atoms with Gasteiger partial charge in [0.05, 0.1) is 0 Å². The van der Waals surface area contributed by atoms with Crippen LogP contribution in [0.2, 0.25) is 0 Å². The normalized spacial score (nSPS) is 11.7. The van der Waals surface area contributed by atoms with Crippen molar-refractivity contribution < 1.29 is 4.57 Å². The summed E-state index contributed by atoms with van der Waals surface area (Å²) in [6.45, 7) is 3.72. The lowest BCUT2D eigenvalue weighted by atomic mass is 10.1. The summed E-state index contributed by atoms with van der Waals surface area (Å²) in [5.41, 5.74) is 8.74. The van der Waals surface area contributed by atoms with E-state index in [2.05, 4.69) is 35.4 Å². The fraction of sp³-hybridized carbons (Fsp3) is 0. The molecule has 1 aromatic heterocycles. The first kappa shape index (κ1) is 12.8. The second-order valence-corrected chi connectivity index (χ2v) is 4.05. The van der Waals surface area contributed by atoms with Crippen LogP contribution in [0.25, 0.3) is 11.3 Å². The van der Waals surface area contributed by atoms with E-state index in [-0.39, 0.29) is 0 Å². The van der Waals surface area contributed by atoms with Gasteiger partial charge in [0.1, 0.15) is 0 Å². The Balaban J connectivity index is 2.33. The highest BCUT2D eigenvalue weighted by atomic mass is 14.9. The van der Waals surface area contributed by atoms with Crippen LogP contribution in [0.3, 0.4) is 0 Å². The van der Waals surface area contributed by atoms with E-state index < -0.39 is 0 Å². The zero-order valence-corrected chi connectivity index (χ0v) is 10.7. The summed E-state index contributed by atoms with van der Waals surface area (Å²) in [5, 5.41) is 0. The Morgan fingerprint density at radius 3 is 2.32 bits per heavy atom. The van der Waals surface area contributed by atoms with Gasteiger partial charge in [-0.25, -0.2) is 0 Å². The van der Waals surface area contributed by atoms with E-state index in [4.69, 9.17) is 5.73 Å². The zero-order valence-electron chi connectivity index (χ0n) is 10.7. The molecule has 0 radical (unpaired) electrons. The SMILES string of the molecule is C=C/C=C(\C=C/N)c1cc[n+](-c2ccccc2)cc1. The molecule has 0 aliphatic carbocycles. The number of nitrogens with two attached hydrogens (primary N) is 1. The van der Waals surface area contributed by atoms with Crippen LogP contribution < -0.4 is 10.3 Å². The minimum absolute atomic E-state index is 1.04. The van der Waals surface area contributed by atoms with Gasteiger partial charge < -0.3 is 5.73 Å². The number of aromatic nitrogens is 1. The summed E-state index contributed by atoms with van der Waals surface area (Å²) in [6.07, 6.45) is 11.2. The topological polar surface area (TPSA) is 29.9 Å². The van der Waals surface area contributed by atoms with Gasteiger partial charge in [-0.1, -0.05) is 36.9 Å². The standard InChI is InChI=1S/C17H17N2/c1-2-6-15(9-12-18)16-10-13-19(14-11-16)17-7-4-3-5-8-17/h2-14H,1,18H2/q+1/b12-9-,15-6+. The monoisotopic (exact) mass is 249 g/mol. The number of nitrogens with zero attached hydrogens (tertiary/aromatic N) is 1. The van der Waals surface area contributed by atoms with Crippen LogP contribution in [0.15, 0.2) is 85.9 Å². The quantitative estimate of drug-likeness (QED) is 0.655. The predicted molar refractivity (Wildman–Crippen MR) is 79.5 cm³/mol. The molecular formula is C17H17N2+. The number of allylic oxidation sites excluding steroid dienone is 4. The maximum absolute atomic E-state index is 5.46. The van der Waals surface area contributed by atoms with Crippen molar-refractivity contribution in [3.63, 3.8) is 0 Å². The lowest BCUT2D eigenvalue weighted by Crippen LogP contribution is -2.29. The smallest absolute Gasteiger partial charge is 0.210 e. The Morgan fingerprint density at radius 2 is 1.74 bits per heavy atom. The summed E-state index contributed by atoms with van der Waals surface area (Å²) >= 11 is 0. The third-order valence-electron chi connectivity index (χ3n) is 2.79. The van der Waals surface area contributed by atoms with E-state index in [0.717, 1.165) is 16.8 Å². The lowest BCUT2D eigenvalue weighted by Gasteiger charge is -2.01. The molecule has 0 spiro atoms. The number of benzene rings is 1. The van der Waals surface area contributed by atoms with Crippen molar-refractivity contribution in [1.82, 2.24) is 0 Å². The van der Waals surface area contributed by atoms with Gasteiger partial charge in [-0.2, -0.15) is 4.57 Å². The number of rotatable bonds is 4. The highest BCUT2D eigenvalue weighted by molar-refractivity contribution is 5.74. The van der Waals surface area contributed by atoms with Gasteiger partial charge >= 0.3 is 0 Å². The van der Waals surface area contributed by atoms with Crippen molar-refractivity contribution in [2.24, 2.45) is 5.73 Å². The average molecular weight is 249 g/mol. The summed E-state index contributed by atoms with van der Waals surface area (Å²) in [6, 6.07) is 14.3. The maximum Gasteiger partial charge on any atom is 0.210 e. The lowest BCUT2D eigenvalue weighted by molar-refractivity contribution is -0.595. The fourth-order valence-corrected chi connectivity index (χ4v) is 1.87. The highest BCUT2D eigenvalue weighted by Gasteiger charge is 2.05. The Morgan fingerprint density at radius 1 is 1.05 bits per heavy atom. The van der Waals surface area contributed by atoms with Gasteiger partial charge in [0.15, 0.2) is 12.4 Å². The van der Waals surface area contributed by atoms with Gasteiger partial charge in [0.2, 0.25) is 5.69 Å². The molecular weight excluding hydrogens is 232 g/mol. The minimum atomic E-state index is 1.04. The summed E-state index contributed by atoms with van der Waals surface area (Å²) in [4.78, 5) is 0. The molecule has 0 atom stereocenters. The van der Waals surface area contributed by atoms with Crippen LogP contribution >= 0.6 is 0 Å². The van der Waals surface area contributed by atoms with E-state index in [1.165, 1.54) is 6.20 Å². The molecule has 94 valence electrons. The van der Waals surface area contributed by atoms with Crippen molar-refractivity contribution in [3.05, 3.63) is 91.4 Å². The molecule has 1 aromatic carbocycles. The summed E-state index contributed by atoms with van der Waals surface area (Å²) in [5.74, 6) is 0. The third-order valence-corrected chi connectivity index (χ3v) is 2.79. The Hall–Kier alpha value is -2.61. The molecule has 19 heavy (non-hydrogen) atoms. The average Bonchev–Trinajstić information content (AvgIpc) is 2.48. The summed E-state index contributed by atoms with van der Waals surface area (Å²) < 4.78 is 2.07. The molecule has 2 heteroatoms. The Kier molecular flexibility index (Phi) is 4.29.